The van der Waals surface area contributed by atoms with Crippen molar-refractivity contribution in [2.24, 2.45) is 0 Å². The van der Waals surface area contributed by atoms with Gasteiger partial charge >= 0.3 is 7.12 Å². The molecule has 2 aromatic rings. The Bertz CT molecular complexity index is 681. The van der Waals surface area contributed by atoms with Crippen molar-refractivity contribution in [3.05, 3.63) is 30.7 Å². The van der Waals surface area contributed by atoms with Crippen LogP contribution >= 0.6 is 0 Å². The fourth-order valence-corrected chi connectivity index (χ4v) is 2.48. The maximum atomic E-state index is 6.11. The first-order valence-corrected chi connectivity index (χ1v) is 7.74. The van der Waals surface area contributed by atoms with Crippen molar-refractivity contribution < 1.29 is 9.31 Å². The molecule has 3 rings (SSSR count). The molecule has 2 aromatic heterocycles. The van der Waals surface area contributed by atoms with Gasteiger partial charge in [-0.25, -0.2) is 4.98 Å². The molecule has 0 atom stereocenters. The maximum absolute atomic E-state index is 6.11. The highest BCUT2D eigenvalue weighted by molar-refractivity contribution is 6.61. The van der Waals surface area contributed by atoms with E-state index in [4.69, 9.17) is 14.3 Å². The van der Waals surface area contributed by atoms with Crippen molar-refractivity contribution in [1.82, 2.24) is 14.5 Å². The fraction of sp³-hybridized carbons (Fsp3) is 0.500. The second-order valence-corrected chi connectivity index (χ2v) is 7.02. The number of rotatable bonds is 3. The fourth-order valence-electron chi connectivity index (χ4n) is 2.48. The Balaban J connectivity index is 2.00. The average Bonchev–Trinajstić information content (AvgIpc) is 3.00. The van der Waals surface area contributed by atoms with Gasteiger partial charge in [-0.15, -0.1) is 0 Å². The first kappa shape index (κ1) is 16.0. The number of imidazole rings is 1. The van der Waals surface area contributed by atoms with Crippen LogP contribution < -0.4 is 10.5 Å². The van der Waals surface area contributed by atoms with Crippen molar-refractivity contribution in [2.45, 2.75) is 38.9 Å². The quantitative estimate of drug-likeness (QED) is 0.806. The van der Waals surface area contributed by atoms with Crippen LogP contribution in [0, 0.1) is 0 Å². The smallest absolute Gasteiger partial charge is 0.398 e. The first-order valence-electron chi connectivity index (χ1n) is 7.74. The predicted octanol–water partition coefficient (Wildman–Crippen LogP) is 1.63. The standard InChI is InChI=1S/C16H23BN4O2/c1-15(2)16(3,4)23-17(22-15)13-11-21(14(19-13)20(5)6)12-7-9-18-10-8-12/h7-11H,1-6H3. The number of hydrogen-bond donors (Lipinski definition) is 0. The van der Waals surface area contributed by atoms with E-state index in [-0.39, 0.29) is 11.2 Å². The van der Waals surface area contributed by atoms with E-state index >= 15 is 0 Å². The summed E-state index contributed by atoms with van der Waals surface area (Å²) in [5, 5.41) is 0. The number of anilines is 1. The third-order valence-electron chi connectivity index (χ3n) is 4.54. The van der Waals surface area contributed by atoms with E-state index in [2.05, 4.69) is 4.98 Å². The molecule has 1 aliphatic heterocycles. The summed E-state index contributed by atoms with van der Waals surface area (Å²) in [7, 11) is 3.46. The monoisotopic (exact) mass is 314 g/mol. The molecule has 0 aliphatic carbocycles. The van der Waals surface area contributed by atoms with Gasteiger partial charge in [-0.05, 0) is 39.8 Å². The minimum absolute atomic E-state index is 0.379. The molecular formula is C16H23BN4O2. The van der Waals surface area contributed by atoms with Gasteiger partial charge in [-0.3, -0.25) is 9.55 Å². The topological polar surface area (TPSA) is 52.4 Å². The summed E-state index contributed by atoms with van der Waals surface area (Å²) in [4.78, 5) is 10.8. The van der Waals surface area contributed by atoms with E-state index in [0.29, 0.717) is 0 Å². The van der Waals surface area contributed by atoms with Gasteiger partial charge in [-0.2, -0.15) is 0 Å². The summed E-state index contributed by atoms with van der Waals surface area (Å²) in [6.45, 7) is 8.17. The van der Waals surface area contributed by atoms with Gasteiger partial charge < -0.3 is 14.2 Å². The van der Waals surface area contributed by atoms with E-state index in [0.717, 1.165) is 17.2 Å². The molecule has 0 saturated carbocycles. The van der Waals surface area contributed by atoms with Crippen molar-refractivity contribution in [2.75, 3.05) is 19.0 Å². The Morgan fingerprint density at radius 1 is 1.04 bits per heavy atom. The Morgan fingerprint density at radius 3 is 2.13 bits per heavy atom. The SMILES string of the molecule is CN(C)c1nc(B2OC(C)(C)C(C)(C)O2)cn1-c1ccncc1. The molecule has 6 nitrogen and oxygen atoms in total. The summed E-state index contributed by atoms with van der Waals surface area (Å²) in [5.41, 5.74) is 1.01. The molecule has 0 amide bonds. The number of nitrogens with zero attached hydrogens (tertiary/aromatic N) is 4. The van der Waals surface area contributed by atoms with Crippen molar-refractivity contribution in [3.63, 3.8) is 0 Å². The third-order valence-corrected chi connectivity index (χ3v) is 4.54. The van der Waals surface area contributed by atoms with Crippen LogP contribution in [0.25, 0.3) is 5.69 Å². The lowest BCUT2D eigenvalue weighted by Gasteiger charge is -2.32. The molecule has 0 bridgehead atoms. The highest BCUT2D eigenvalue weighted by atomic mass is 16.7. The molecule has 1 aliphatic rings. The second kappa shape index (κ2) is 5.35. The summed E-state index contributed by atoms with van der Waals surface area (Å²) < 4.78 is 14.2. The van der Waals surface area contributed by atoms with Gasteiger partial charge in [0.05, 0.1) is 22.5 Å². The van der Waals surface area contributed by atoms with Crippen molar-refractivity contribution in [1.29, 1.82) is 0 Å². The molecule has 1 saturated heterocycles. The van der Waals surface area contributed by atoms with Crippen LogP contribution in [0.4, 0.5) is 5.95 Å². The minimum Gasteiger partial charge on any atom is -0.398 e. The molecule has 122 valence electrons. The van der Waals surface area contributed by atoms with Crippen molar-refractivity contribution in [3.8, 4) is 5.69 Å². The van der Waals surface area contributed by atoms with Crippen molar-refractivity contribution >= 4 is 18.7 Å². The Kier molecular flexibility index (Phi) is 3.73. The highest BCUT2D eigenvalue weighted by Gasteiger charge is 2.52. The molecule has 0 unspecified atom stereocenters. The lowest BCUT2D eigenvalue weighted by atomic mass is 9.86. The molecule has 0 spiro atoms. The van der Waals surface area contributed by atoms with Crippen LogP contribution in [-0.2, 0) is 9.31 Å². The van der Waals surface area contributed by atoms with E-state index in [9.17, 15) is 0 Å². The minimum atomic E-state index is -0.471. The average molecular weight is 314 g/mol. The highest BCUT2D eigenvalue weighted by Crippen LogP contribution is 2.36. The zero-order valence-electron chi connectivity index (χ0n) is 14.6. The molecule has 0 aromatic carbocycles. The zero-order chi connectivity index (χ0) is 16.8. The molecule has 0 N–H and O–H groups in total. The second-order valence-electron chi connectivity index (χ2n) is 7.02. The van der Waals surface area contributed by atoms with Gasteiger partial charge in [0.15, 0.2) is 0 Å². The Morgan fingerprint density at radius 2 is 1.61 bits per heavy atom. The van der Waals surface area contributed by atoms with Gasteiger partial charge in [0.25, 0.3) is 0 Å². The molecule has 3 heterocycles. The van der Waals surface area contributed by atoms with Crippen LogP contribution in [0.5, 0.6) is 0 Å². The summed E-state index contributed by atoms with van der Waals surface area (Å²) in [6.07, 6.45) is 5.50. The number of aromatic nitrogens is 3. The largest absolute Gasteiger partial charge is 0.516 e. The Labute approximate surface area is 137 Å². The Hall–Kier alpha value is -1.86. The van der Waals surface area contributed by atoms with E-state index in [1.54, 1.807) is 12.4 Å². The summed E-state index contributed by atoms with van der Waals surface area (Å²) in [6, 6.07) is 3.89. The lowest BCUT2D eigenvalue weighted by Crippen LogP contribution is -2.41. The third kappa shape index (κ3) is 2.75. The van der Waals surface area contributed by atoms with Gasteiger partial charge in [-0.1, -0.05) is 0 Å². The summed E-state index contributed by atoms with van der Waals surface area (Å²) in [5.74, 6) is 0.820. The van der Waals surface area contributed by atoms with Crippen LogP contribution in [0.1, 0.15) is 27.7 Å². The maximum Gasteiger partial charge on any atom is 0.516 e. The predicted molar refractivity (Wildman–Crippen MR) is 91.4 cm³/mol. The van der Waals surface area contributed by atoms with Crippen LogP contribution in [0.3, 0.4) is 0 Å². The number of hydrogen-bond acceptors (Lipinski definition) is 5. The van der Waals surface area contributed by atoms with Gasteiger partial charge in [0.2, 0.25) is 5.95 Å². The van der Waals surface area contributed by atoms with Gasteiger partial charge in [0, 0.05) is 32.7 Å². The van der Waals surface area contributed by atoms with Gasteiger partial charge in [0.1, 0.15) is 0 Å². The lowest BCUT2D eigenvalue weighted by molar-refractivity contribution is 0.00578. The molecule has 23 heavy (non-hydrogen) atoms. The molecule has 0 radical (unpaired) electrons. The first-order chi connectivity index (χ1) is 10.7. The van der Waals surface area contributed by atoms with E-state index < -0.39 is 7.12 Å². The normalized spacial score (nSPS) is 19.1. The van der Waals surface area contributed by atoms with E-state index in [1.807, 2.05) is 69.6 Å². The summed E-state index contributed by atoms with van der Waals surface area (Å²) >= 11 is 0. The number of pyridine rings is 1. The van der Waals surface area contributed by atoms with Crippen LogP contribution in [0.15, 0.2) is 30.7 Å². The molecular weight excluding hydrogens is 291 g/mol. The molecule has 1 fully saturated rings. The van der Waals surface area contributed by atoms with Crippen LogP contribution in [-0.4, -0.2) is 47.0 Å². The van der Waals surface area contributed by atoms with Crippen LogP contribution in [0.2, 0.25) is 0 Å². The zero-order valence-corrected chi connectivity index (χ0v) is 14.6. The molecule has 7 heteroatoms. The van der Waals surface area contributed by atoms with E-state index in [1.165, 1.54) is 0 Å².